The number of ether oxygens (including phenoxy) is 3. The van der Waals surface area contributed by atoms with Gasteiger partial charge < -0.3 is 29.8 Å². The highest BCUT2D eigenvalue weighted by atomic mass is 16.7. The molecule has 0 aliphatic carbocycles. The molecular formula is C27H23N3O5. The van der Waals surface area contributed by atoms with E-state index >= 15 is 0 Å². The lowest BCUT2D eigenvalue weighted by atomic mass is 10.1. The van der Waals surface area contributed by atoms with Gasteiger partial charge in [-0.2, -0.15) is 0 Å². The van der Waals surface area contributed by atoms with Gasteiger partial charge in [0, 0.05) is 34.8 Å². The standard InChI is InChI=1S/C27H23N3O5/c1-33-20-8-9-22-21(13-20)19(15-28-22)12-23(30-26(31)18-5-3-2-4-6-18)27(32)29-14-17-7-10-24-25(11-17)35-16-34-24/h2-13,15,28H,14,16H2,1H3,(H,29,32)(H,30,31). The van der Waals surface area contributed by atoms with Gasteiger partial charge in [-0.25, -0.2) is 0 Å². The lowest BCUT2D eigenvalue weighted by Gasteiger charge is -2.12. The van der Waals surface area contributed by atoms with Crippen LogP contribution in [0.3, 0.4) is 0 Å². The number of H-pyrrole nitrogens is 1. The molecule has 8 heteroatoms. The first-order valence-corrected chi connectivity index (χ1v) is 11.0. The van der Waals surface area contributed by atoms with Gasteiger partial charge in [0.15, 0.2) is 11.5 Å². The molecule has 0 bridgehead atoms. The molecule has 3 aromatic carbocycles. The summed E-state index contributed by atoms with van der Waals surface area (Å²) in [5.41, 5.74) is 3.02. The predicted octanol–water partition coefficient (Wildman–Crippen LogP) is 3.99. The van der Waals surface area contributed by atoms with Crippen LogP contribution in [-0.2, 0) is 11.3 Å². The van der Waals surface area contributed by atoms with Gasteiger partial charge in [0.25, 0.3) is 11.8 Å². The Hall–Kier alpha value is -4.72. The number of nitrogens with one attached hydrogen (secondary N) is 3. The van der Waals surface area contributed by atoms with Gasteiger partial charge in [0.1, 0.15) is 11.4 Å². The third-order valence-corrected chi connectivity index (χ3v) is 5.64. The Morgan fingerprint density at radius 1 is 1.03 bits per heavy atom. The van der Waals surface area contributed by atoms with E-state index in [1.54, 1.807) is 49.7 Å². The summed E-state index contributed by atoms with van der Waals surface area (Å²) in [6, 6.07) is 19.8. The molecule has 35 heavy (non-hydrogen) atoms. The molecule has 0 spiro atoms. The van der Waals surface area contributed by atoms with Crippen LogP contribution in [0.25, 0.3) is 17.0 Å². The minimum Gasteiger partial charge on any atom is -0.497 e. The second-order valence-corrected chi connectivity index (χ2v) is 7.90. The van der Waals surface area contributed by atoms with Gasteiger partial charge in [-0.1, -0.05) is 24.3 Å². The maximum absolute atomic E-state index is 13.2. The van der Waals surface area contributed by atoms with Crippen LogP contribution in [0, 0.1) is 0 Å². The van der Waals surface area contributed by atoms with Gasteiger partial charge in [0.05, 0.1) is 7.11 Å². The minimum absolute atomic E-state index is 0.114. The van der Waals surface area contributed by atoms with E-state index in [2.05, 4.69) is 15.6 Å². The van der Waals surface area contributed by atoms with Crippen molar-refractivity contribution in [2.75, 3.05) is 13.9 Å². The second kappa shape index (κ2) is 9.64. The number of benzene rings is 3. The molecule has 1 aliphatic rings. The van der Waals surface area contributed by atoms with Crippen LogP contribution in [0.15, 0.2) is 78.6 Å². The lowest BCUT2D eigenvalue weighted by Crippen LogP contribution is -2.34. The van der Waals surface area contributed by atoms with Crippen LogP contribution in [0.4, 0.5) is 0 Å². The number of methoxy groups -OCH3 is 1. The average Bonchev–Trinajstić information content (AvgIpc) is 3.53. The van der Waals surface area contributed by atoms with E-state index in [4.69, 9.17) is 14.2 Å². The van der Waals surface area contributed by atoms with Crippen molar-refractivity contribution < 1.29 is 23.8 Å². The van der Waals surface area contributed by atoms with E-state index in [9.17, 15) is 9.59 Å². The van der Waals surface area contributed by atoms with Crippen molar-refractivity contribution in [3.63, 3.8) is 0 Å². The Morgan fingerprint density at radius 3 is 2.69 bits per heavy atom. The molecule has 4 aromatic rings. The SMILES string of the molecule is COc1ccc2[nH]cc(C=C(NC(=O)c3ccccc3)C(=O)NCc3ccc4c(c3)OCO4)c2c1. The molecule has 0 saturated carbocycles. The van der Waals surface area contributed by atoms with Crippen molar-refractivity contribution in [1.29, 1.82) is 0 Å². The molecule has 1 aliphatic heterocycles. The van der Waals surface area contributed by atoms with Gasteiger partial charge in [-0.15, -0.1) is 0 Å². The van der Waals surface area contributed by atoms with Crippen LogP contribution in [0.1, 0.15) is 21.5 Å². The molecule has 2 heterocycles. The van der Waals surface area contributed by atoms with Crippen molar-refractivity contribution in [3.8, 4) is 17.2 Å². The molecule has 3 N–H and O–H groups in total. The zero-order valence-corrected chi connectivity index (χ0v) is 19.0. The minimum atomic E-state index is -0.427. The number of carbonyl (C=O) groups is 2. The zero-order chi connectivity index (χ0) is 24.2. The van der Waals surface area contributed by atoms with Crippen molar-refractivity contribution in [2.45, 2.75) is 6.54 Å². The summed E-state index contributed by atoms with van der Waals surface area (Å²) in [6.07, 6.45) is 3.43. The Morgan fingerprint density at radius 2 is 1.86 bits per heavy atom. The van der Waals surface area contributed by atoms with Gasteiger partial charge in [-0.05, 0) is 54.1 Å². The van der Waals surface area contributed by atoms with Crippen LogP contribution in [-0.4, -0.2) is 30.7 Å². The first kappa shape index (κ1) is 22.1. The maximum Gasteiger partial charge on any atom is 0.268 e. The van der Waals surface area contributed by atoms with E-state index < -0.39 is 5.91 Å². The number of carbonyl (C=O) groups excluding carboxylic acids is 2. The molecule has 0 unspecified atom stereocenters. The molecular weight excluding hydrogens is 446 g/mol. The molecule has 2 amide bonds. The summed E-state index contributed by atoms with van der Waals surface area (Å²) in [6.45, 7) is 0.425. The fraction of sp³-hybridized carbons (Fsp3) is 0.111. The fourth-order valence-electron chi connectivity index (χ4n) is 3.79. The van der Waals surface area contributed by atoms with E-state index in [0.29, 0.717) is 22.8 Å². The number of amides is 2. The first-order chi connectivity index (χ1) is 17.1. The topological polar surface area (TPSA) is 102 Å². The molecule has 176 valence electrons. The third kappa shape index (κ3) is 4.81. The number of aromatic amines is 1. The Labute approximate surface area is 201 Å². The molecule has 5 rings (SSSR count). The Bertz CT molecular complexity index is 1430. The summed E-state index contributed by atoms with van der Waals surface area (Å²) in [7, 11) is 1.60. The van der Waals surface area contributed by atoms with Crippen molar-refractivity contribution in [1.82, 2.24) is 15.6 Å². The highest BCUT2D eigenvalue weighted by Gasteiger charge is 2.17. The van der Waals surface area contributed by atoms with Gasteiger partial charge in [0.2, 0.25) is 6.79 Å². The number of hydrogen-bond donors (Lipinski definition) is 3. The average molecular weight is 469 g/mol. The largest absolute Gasteiger partial charge is 0.497 e. The maximum atomic E-state index is 13.2. The van der Waals surface area contributed by atoms with Crippen molar-refractivity contribution in [2.24, 2.45) is 0 Å². The predicted molar refractivity (Wildman–Crippen MR) is 131 cm³/mol. The van der Waals surface area contributed by atoms with Crippen LogP contribution < -0.4 is 24.8 Å². The molecule has 8 nitrogen and oxygen atoms in total. The summed E-state index contributed by atoms with van der Waals surface area (Å²) >= 11 is 0. The molecule has 0 saturated heterocycles. The van der Waals surface area contributed by atoms with Gasteiger partial charge in [-0.3, -0.25) is 9.59 Å². The van der Waals surface area contributed by atoms with Crippen LogP contribution >= 0.6 is 0 Å². The zero-order valence-electron chi connectivity index (χ0n) is 19.0. The van der Waals surface area contributed by atoms with Crippen molar-refractivity contribution >= 4 is 28.8 Å². The molecule has 1 aromatic heterocycles. The van der Waals surface area contributed by atoms with Crippen molar-refractivity contribution in [3.05, 3.63) is 95.3 Å². The molecule has 0 atom stereocenters. The van der Waals surface area contributed by atoms with E-state index in [-0.39, 0.29) is 24.9 Å². The summed E-state index contributed by atoms with van der Waals surface area (Å²) in [5, 5.41) is 6.50. The quantitative estimate of drug-likeness (QED) is 0.355. The second-order valence-electron chi connectivity index (χ2n) is 7.90. The van der Waals surface area contributed by atoms with Gasteiger partial charge >= 0.3 is 0 Å². The Balaban J connectivity index is 1.42. The van der Waals surface area contributed by atoms with E-state index in [1.807, 2.05) is 36.4 Å². The van der Waals surface area contributed by atoms with Crippen LogP contribution in [0.5, 0.6) is 17.2 Å². The lowest BCUT2D eigenvalue weighted by molar-refractivity contribution is -0.117. The summed E-state index contributed by atoms with van der Waals surface area (Å²) < 4.78 is 16.1. The molecule has 0 radical (unpaired) electrons. The monoisotopic (exact) mass is 469 g/mol. The summed E-state index contributed by atoms with van der Waals surface area (Å²) in [4.78, 5) is 29.3. The van der Waals surface area contributed by atoms with E-state index in [1.165, 1.54) is 0 Å². The third-order valence-electron chi connectivity index (χ3n) is 5.64. The number of hydrogen-bond acceptors (Lipinski definition) is 5. The smallest absolute Gasteiger partial charge is 0.268 e. The Kier molecular flexibility index (Phi) is 6.09. The van der Waals surface area contributed by atoms with E-state index in [0.717, 1.165) is 22.0 Å². The highest BCUT2D eigenvalue weighted by Crippen LogP contribution is 2.32. The number of aromatic nitrogens is 1. The highest BCUT2D eigenvalue weighted by molar-refractivity contribution is 6.06. The molecule has 0 fully saturated rings. The normalized spacial score (nSPS) is 12.4. The van der Waals surface area contributed by atoms with Crippen LogP contribution in [0.2, 0.25) is 0 Å². The number of fused-ring (bicyclic) bond motifs is 2. The first-order valence-electron chi connectivity index (χ1n) is 11.0. The fourth-order valence-corrected chi connectivity index (χ4v) is 3.79. The summed E-state index contributed by atoms with van der Waals surface area (Å²) in [5.74, 6) is 1.19. The number of rotatable bonds is 7.